The molecule has 0 saturated carbocycles. The van der Waals surface area contributed by atoms with Crippen molar-refractivity contribution < 1.29 is 4.39 Å². The molecule has 0 amide bonds. The summed E-state index contributed by atoms with van der Waals surface area (Å²) in [5.41, 5.74) is 0.730. The molecule has 21 heavy (non-hydrogen) atoms. The van der Waals surface area contributed by atoms with Gasteiger partial charge in [0, 0.05) is 6.04 Å². The van der Waals surface area contributed by atoms with Gasteiger partial charge in [-0.1, -0.05) is 57.3 Å². The summed E-state index contributed by atoms with van der Waals surface area (Å²) in [6.45, 7) is 7.59. The summed E-state index contributed by atoms with van der Waals surface area (Å²) in [6, 6.07) is 5.64. The van der Waals surface area contributed by atoms with Gasteiger partial charge in [-0.2, -0.15) is 0 Å². The largest absolute Gasteiger partial charge is 0.313 e. The van der Waals surface area contributed by atoms with Crippen molar-refractivity contribution in [1.82, 2.24) is 5.32 Å². The van der Waals surface area contributed by atoms with Crippen molar-refractivity contribution in [3.8, 4) is 0 Å². The summed E-state index contributed by atoms with van der Waals surface area (Å²) in [6.07, 6.45) is 6.55. The summed E-state index contributed by atoms with van der Waals surface area (Å²) < 4.78 is 14.2. The van der Waals surface area contributed by atoms with Crippen LogP contribution in [0, 0.1) is 11.7 Å². The number of rotatable bonds is 10. The van der Waals surface area contributed by atoms with Crippen molar-refractivity contribution in [3.63, 3.8) is 0 Å². The van der Waals surface area contributed by atoms with E-state index in [1.807, 2.05) is 12.1 Å². The summed E-state index contributed by atoms with van der Waals surface area (Å²) in [5.74, 6) is 0.346. The second kappa shape index (κ2) is 10.2. The first-order valence-electron chi connectivity index (χ1n) is 8.30. The lowest BCUT2D eigenvalue weighted by Crippen LogP contribution is -2.38. The number of benzene rings is 1. The van der Waals surface area contributed by atoms with Crippen LogP contribution in [0.1, 0.15) is 58.4 Å². The van der Waals surface area contributed by atoms with Gasteiger partial charge in [0.05, 0.1) is 5.02 Å². The first-order chi connectivity index (χ1) is 10.1. The van der Waals surface area contributed by atoms with E-state index >= 15 is 0 Å². The van der Waals surface area contributed by atoms with E-state index in [0.29, 0.717) is 12.0 Å². The fourth-order valence-electron chi connectivity index (χ4n) is 2.97. The van der Waals surface area contributed by atoms with Crippen molar-refractivity contribution in [2.24, 2.45) is 5.92 Å². The SMILES string of the molecule is CCCNC(Cc1cccc(Cl)c1F)C(CCC)CCC. The van der Waals surface area contributed by atoms with Crippen molar-refractivity contribution in [2.75, 3.05) is 6.54 Å². The molecule has 0 aromatic heterocycles. The Labute approximate surface area is 134 Å². The Hall–Kier alpha value is -0.600. The van der Waals surface area contributed by atoms with Gasteiger partial charge in [0.15, 0.2) is 0 Å². The maximum atomic E-state index is 14.2. The summed E-state index contributed by atoms with van der Waals surface area (Å²) in [7, 11) is 0. The van der Waals surface area contributed by atoms with Gasteiger partial charge in [0.1, 0.15) is 5.82 Å². The molecule has 3 heteroatoms. The molecule has 0 radical (unpaired) electrons. The third-order valence-corrected chi connectivity index (χ3v) is 4.31. The van der Waals surface area contributed by atoms with Gasteiger partial charge in [-0.15, -0.1) is 0 Å². The molecule has 0 heterocycles. The highest BCUT2D eigenvalue weighted by molar-refractivity contribution is 6.30. The molecule has 0 aliphatic heterocycles. The van der Waals surface area contributed by atoms with Crippen molar-refractivity contribution in [1.29, 1.82) is 0 Å². The zero-order chi connectivity index (χ0) is 15.7. The van der Waals surface area contributed by atoms with Gasteiger partial charge in [-0.3, -0.25) is 0 Å². The molecule has 120 valence electrons. The van der Waals surface area contributed by atoms with Gasteiger partial charge in [-0.25, -0.2) is 4.39 Å². The monoisotopic (exact) mass is 313 g/mol. The molecule has 0 bridgehead atoms. The summed E-state index contributed by atoms with van der Waals surface area (Å²) >= 11 is 5.91. The minimum Gasteiger partial charge on any atom is -0.313 e. The maximum Gasteiger partial charge on any atom is 0.145 e. The van der Waals surface area contributed by atoms with Crippen LogP contribution in [0.15, 0.2) is 18.2 Å². The zero-order valence-corrected chi connectivity index (χ0v) is 14.3. The minimum atomic E-state index is -0.255. The van der Waals surface area contributed by atoms with Crippen LogP contribution in [0.5, 0.6) is 0 Å². The highest BCUT2D eigenvalue weighted by Gasteiger charge is 2.21. The molecule has 0 spiro atoms. The topological polar surface area (TPSA) is 12.0 Å². The summed E-state index contributed by atoms with van der Waals surface area (Å²) in [5, 5.41) is 3.85. The van der Waals surface area contributed by atoms with Gasteiger partial charge >= 0.3 is 0 Å². The number of hydrogen-bond acceptors (Lipinski definition) is 1. The van der Waals surface area contributed by atoms with Gasteiger partial charge in [0.25, 0.3) is 0 Å². The average Bonchev–Trinajstić information content (AvgIpc) is 2.47. The van der Waals surface area contributed by atoms with E-state index in [1.54, 1.807) is 6.07 Å². The summed E-state index contributed by atoms with van der Waals surface area (Å²) in [4.78, 5) is 0. The van der Waals surface area contributed by atoms with Gasteiger partial charge in [-0.05, 0) is 49.8 Å². The van der Waals surface area contributed by atoms with Crippen LogP contribution >= 0.6 is 11.6 Å². The normalized spacial score (nSPS) is 12.9. The molecule has 0 aliphatic rings. The van der Waals surface area contributed by atoms with Crippen LogP contribution < -0.4 is 5.32 Å². The lowest BCUT2D eigenvalue weighted by atomic mass is 9.86. The Bertz CT molecular complexity index is 402. The Morgan fingerprint density at radius 3 is 2.33 bits per heavy atom. The smallest absolute Gasteiger partial charge is 0.145 e. The first-order valence-corrected chi connectivity index (χ1v) is 8.68. The van der Waals surface area contributed by atoms with Crippen molar-refractivity contribution in [2.45, 2.75) is 65.3 Å². The Morgan fingerprint density at radius 1 is 1.10 bits per heavy atom. The van der Waals surface area contributed by atoms with E-state index in [4.69, 9.17) is 11.6 Å². The van der Waals surface area contributed by atoms with E-state index in [-0.39, 0.29) is 10.8 Å². The minimum absolute atomic E-state index is 0.226. The maximum absolute atomic E-state index is 14.2. The molecule has 1 aromatic carbocycles. The second-order valence-corrected chi connectivity index (χ2v) is 6.22. The molecule has 0 fully saturated rings. The van der Waals surface area contributed by atoms with E-state index in [1.165, 1.54) is 25.7 Å². The number of nitrogens with one attached hydrogen (secondary N) is 1. The third-order valence-electron chi connectivity index (χ3n) is 4.02. The van der Waals surface area contributed by atoms with Crippen LogP contribution in [0.2, 0.25) is 5.02 Å². The first kappa shape index (κ1) is 18.4. The standard InChI is InChI=1S/C18H29ClFN/c1-4-8-14(9-5-2)17(21-12-6-3)13-15-10-7-11-16(19)18(15)20/h7,10-11,14,17,21H,4-6,8-9,12-13H2,1-3H3. The number of hydrogen-bond donors (Lipinski definition) is 1. The molecular formula is C18H29ClFN. The number of halogens is 2. The molecule has 1 rings (SSSR count). The van der Waals surface area contributed by atoms with E-state index in [0.717, 1.165) is 24.9 Å². The quantitative estimate of drug-likeness (QED) is 0.592. The molecule has 1 nitrogen and oxygen atoms in total. The molecule has 1 unspecified atom stereocenters. The fourth-order valence-corrected chi connectivity index (χ4v) is 3.16. The van der Waals surface area contributed by atoms with E-state index in [9.17, 15) is 4.39 Å². The highest BCUT2D eigenvalue weighted by atomic mass is 35.5. The van der Waals surface area contributed by atoms with Crippen molar-refractivity contribution in [3.05, 3.63) is 34.6 Å². The molecule has 1 atom stereocenters. The van der Waals surface area contributed by atoms with Gasteiger partial charge < -0.3 is 5.32 Å². The van der Waals surface area contributed by atoms with E-state index < -0.39 is 0 Å². The zero-order valence-electron chi connectivity index (χ0n) is 13.6. The third kappa shape index (κ3) is 5.96. The Balaban J connectivity index is 2.87. The van der Waals surface area contributed by atoms with E-state index in [2.05, 4.69) is 26.1 Å². The lowest BCUT2D eigenvalue weighted by molar-refractivity contribution is 0.306. The molecule has 1 N–H and O–H groups in total. The van der Waals surface area contributed by atoms with Crippen LogP contribution in [0.25, 0.3) is 0 Å². The molecule has 1 aromatic rings. The molecule has 0 aliphatic carbocycles. The van der Waals surface area contributed by atoms with Crippen LogP contribution in [0.4, 0.5) is 4.39 Å². The Kier molecular flexibility index (Phi) is 8.94. The van der Waals surface area contributed by atoms with Crippen molar-refractivity contribution >= 4 is 11.6 Å². The van der Waals surface area contributed by atoms with Crippen LogP contribution in [0.3, 0.4) is 0 Å². The van der Waals surface area contributed by atoms with Crippen LogP contribution in [-0.4, -0.2) is 12.6 Å². The predicted molar refractivity (Wildman–Crippen MR) is 90.5 cm³/mol. The van der Waals surface area contributed by atoms with Gasteiger partial charge in [0.2, 0.25) is 0 Å². The molecular weight excluding hydrogens is 285 g/mol. The predicted octanol–water partition coefficient (Wildman–Crippen LogP) is 5.61. The lowest BCUT2D eigenvalue weighted by Gasteiger charge is -2.28. The second-order valence-electron chi connectivity index (χ2n) is 5.82. The highest BCUT2D eigenvalue weighted by Crippen LogP contribution is 2.24. The fraction of sp³-hybridized carbons (Fsp3) is 0.667. The Morgan fingerprint density at radius 2 is 1.76 bits per heavy atom. The van der Waals surface area contributed by atoms with Crippen LogP contribution in [-0.2, 0) is 6.42 Å². The molecule has 0 saturated heterocycles. The average molecular weight is 314 g/mol.